The first-order valence-corrected chi connectivity index (χ1v) is 6.47. The van der Waals surface area contributed by atoms with Gasteiger partial charge in [0.1, 0.15) is 0 Å². The molecule has 0 aliphatic heterocycles. The minimum atomic E-state index is 0.221. The van der Waals surface area contributed by atoms with Gasteiger partial charge in [0.2, 0.25) is 0 Å². The summed E-state index contributed by atoms with van der Waals surface area (Å²) < 4.78 is 0. The van der Waals surface area contributed by atoms with Crippen molar-refractivity contribution < 1.29 is 0 Å². The average molecular weight is 238 g/mol. The van der Waals surface area contributed by atoms with Gasteiger partial charge in [0, 0.05) is 17.0 Å². The van der Waals surface area contributed by atoms with Crippen LogP contribution in [-0.2, 0) is 5.41 Å². The molecule has 0 radical (unpaired) electrons. The molecule has 2 rings (SSSR count). The van der Waals surface area contributed by atoms with Gasteiger partial charge in [-0.1, -0.05) is 44.0 Å². The molecule has 1 aliphatic carbocycles. The van der Waals surface area contributed by atoms with E-state index in [0.29, 0.717) is 5.92 Å². The Morgan fingerprint density at radius 1 is 1.38 bits per heavy atom. The van der Waals surface area contributed by atoms with Crippen LogP contribution in [0.25, 0.3) is 0 Å². The summed E-state index contributed by atoms with van der Waals surface area (Å²) in [6.07, 6.45) is 3.71. The number of halogens is 1. The van der Waals surface area contributed by atoms with Crippen LogP contribution in [0.5, 0.6) is 0 Å². The van der Waals surface area contributed by atoms with Crippen molar-refractivity contribution in [2.24, 2.45) is 5.73 Å². The van der Waals surface area contributed by atoms with E-state index in [0.717, 1.165) is 11.6 Å². The molecule has 1 aromatic carbocycles. The van der Waals surface area contributed by atoms with E-state index in [1.165, 1.54) is 30.4 Å². The van der Waals surface area contributed by atoms with Gasteiger partial charge in [0.15, 0.2) is 0 Å². The summed E-state index contributed by atoms with van der Waals surface area (Å²) in [4.78, 5) is 0. The molecule has 0 heterocycles. The second-order valence-electron chi connectivity index (χ2n) is 5.23. The topological polar surface area (TPSA) is 26.0 Å². The summed E-state index contributed by atoms with van der Waals surface area (Å²) in [5, 5.41) is 0.896. The van der Waals surface area contributed by atoms with Crippen molar-refractivity contribution >= 4 is 11.6 Å². The Balaban J connectivity index is 2.34. The fourth-order valence-corrected chi connectivity index (χ4v) is 2.94. The highest BCUT2D eigenvalue weighted by Gasteiger charge is 2.37. The van der Waals surface area contributed by atoms with Gasteiger partial charge in [0.05, 0.1) is 0 Å². The van der Waals surface area contributed by atoms with Crippen LogP contribution in [0, 0.1) is 0 Å². The van der Waals surface area contributed by atoms with Gasteiger partial charge in [-0.15, -0.1) is 0 Å². The molecule has 1 nitrogen and oxygen atoms in total. The van der Waals surface area contributed by atoms with E-state index in [-0.39, 0.29) is 5.41 Å². The number of rotatable bonds is 3. The standard InChI is InChI=1S/C14H20ClN/c1-10(2)12-5-4-11(8-13(12)15)14(9-16)6-3-7-14/h4-5,8,10H,3,6-7,9,16H2,1-2H3. The van der Waals surface area contributed by atoms with Crippen molar-refractivity contribution in [1.82, 2.24) is 0 Å². The van der Waals surface area contributed by atoms with Crippen molar-refractivity contribution in [2.75, 3.05) is 6.54 Å². The zero-order valence-corrected chi connectivity index (χ0v) is 10.8. The van der Waals surface area contributed by atoms with E-state index < -0.39 is 0 Å². The van der Waals surface area contributed by atoms with E-state index in [9.17, 15) is 0 Å². The summed E-state index contributed by atoms with van der Waals surface area (Å²) in [6.45, 7) is 5.08. The predicted octanol–water partition coefficient (Wildman–Crippen LogP) is 3.84. The maximum Gasteiger partial charge on any atom is 0.0443 e. The maximum absolute atomic E-state index is 6.33. The quantitative estimate of drug-likeness (QED) is 0.849. The monoisotopic (exact) mass is 237 g/mol. The molecule has 16 heavy (non-hydrogen) atoms. The van der Waals surface area contributed by atoms with Crippen LogP contribution >= 0.6 is 11.6 Å². The summed E-state index contributed by atoms with van der Waals surface area (Å²) in [5.74, 6) is 0.483. The van der Waals surface area contributed by atoms with E-state index in [1.54, 1.807) is 0 Å². The molecule has 1 aliphatic rings. The highest BCUT2D eigenvalue weighted by molar-refractivity contribution is 6.31. The van der Waals surface area contributed by atoms with Crippen LogP contribution in [0.4, 0.5) is 0 Å². The molecule has 0 atom stereocenters. The molecule has 1 fully saturated rings. The Kier molecular flexibility index (Phi) is 3.27. The number of hydrogen-bond donors (Lipinski definition) is 1. The first kappa shape index (κ1) is 11.9. The molecule has 2 N–H and O–H groups in total. The fraction of sp³-hybridized carbons (Fsp3) is 0.571. The van der Waals surface area contributed by atoms with Crippen molar-refractivity contribution in [2.45, 2.75) is 44.4 Å². The van der Waals surface area contributed by atoms with Crippen LogP contribution < -0.4 is 5.73 Å². The summed E-state index contributed by atoms with van der Waals surface area (Å²) in [7, 11) is 0. The fourth-order valence-electron chi connectivity index (χ4n) is 2.54. The number of hydrogen-bond acceptors (Lipinski definition) is 1. The van der Waals surface area contributed by atoms with Crippen LogP contribution in [0.15, 0.2) is 18.2 Å². The summed E-state index contributed by atoms with van der Waals surface area (Å²) in [6, 6.07) is 6.51. The van der Waals surface area contributed by atoms with Gasteiger partial charge >= 0.3 is 0 Å². The lowest BCUT2D eigenvalue weighted by atomic mass is 9.64. The van der Waals surface area contributed by atoms with E-state index in [1.807, 2.05) is 0 Å². The Morgan fingerprint density at radius 2 is 2.06 bits per heavy atom. The van der Waals surface area contributed by atoms with E-state index >= 15 is 0 Å². The number of benzene rings is 1. The third-order valence-corrected chi connectivity index (χ3v) is 4.26. The molecule has 88 valence electrons. The molecule has 0 unspecified atom stereocenters. The Labute approximate surface area is 103 Å². The first-order chi connectivity index (χ1) is 7.59. The molecular formula is C14H20ClN. The molecule has 0 spiro atoms. The largest absolute Gasteiger partial charge is 0.330 e. The Bertz CT molecular complexity index is 375. The molecule has 0 amide bonds. The van der Waals surface area contributed by atoms with Crippen LogP contribution in [-0.4, -0.2) is 6.54 Å². The van der Waals surface area contributed by atoms with E-state index in [2.05, 4.69) is 32.0 Å². The lowest BCUT2D eigenvalue weighted by Gasteiger charge is -2.41. The molecule has 1 saturated carbocycles. The molecule has 0 saturated heterocycles. The molecule has 0 bridgehead atoms. The highest BCUT2D eigenvalue weighted by Crippen LogP contribution is 2.44. The normalized spacial score (nSPS) is 18.6. The highest BCUT2D eigenvalue weighted by atomic mass is 35.5. The minimum absolute atomic E-state index is 0.221. The smallest absolute Gasteiger partial charge is 0.0443 e. The second-order valence-corrected chi connectivity index (χ2v) is 5.64. The molecular weight excluding hydrogens is 218 g/mol. The zero-order chi connectivity index (χ0) is 11.8. The lowest BCUT2D eigenvalue weighted by Crippen LogP contribution is -2.41. The second kappa shape index (κ2) is 4.38. The predicted molar refractivity (Wildman–Crippen MR) is 70.1 cm³/mol. The van der Waals surface area contributed by atoms with Crippen LogP contribution in [0.3, 0.4) is 0 Å². The van der Waals surface area contributed by atoms with Crippen molar-refractivity contribution in [3.63, 3.8) is 0 Å². The van der Waals surface area contributed by atoms with Crippen LogP contribution in [0.2, 0.25) is 5.02 Å². The Morgan fingerprint density at radius 3 is 2.44 bits per heavy atom. The van der Waals surface area contributed by atoms with Gasteiger partial charge in [-0.3, -0.25) is 0 Å². The summed E-state index contributed by atoms with van der Waals surface area (Å²) >= 11 is 6.33. The minimum Gasteiger partial charge on any atom is -0.330 e. The maximum atomic E-state index is 6.33. The average Bonchev–Trinajstić information content (AvgIpc) is 2.16. The Hall–Kier alpha value is -0.530. The third kappa shape index (κ3) is 1.87. The lowest BCUT2D eigenvalue weighted by molar-refractivity contribution is 0.253. The van der Waals surface area contributed by atoms with Crippen molar-refractivity contribution in [3.8, 4) is 0 Å². The van der Waals surface area contributed by atoms with Gasteiger partial charge in [0.25, 0.3) is 0 Å². The molecule has 1 aromatic rings. The van der Waals surface area contributed by atoms with Gasteiger partial charge in [-0.05, 0) is 36.0 Å². The van der Waals surface area contributed by atoms with Crippen molar-refractivity contribution in [1.29, 1.82) is 0 Å². The first-order valence-electron chi connectivity index (χ1n) is 6.09. The molecule has 0 aromatic heterocycles. The molecule has 2 heteroatoms. The zero-order valence-electron chi connectivity index (χ0n) is 10.1. The number of nitrogens with two attached hydrogens (primary N) is 1. The summed E-state index contributed by atoms with van der Waals surface area (Å²) in [5.41, 5.74) is 8.69. The van der Waals surface area contributed by atoms with Gasteiger partial charge in [-0.2, -0.15) is 0 Å². The SMILES string of the molecule is CC(C)c1ccc(C2(CN)CCC2)cc1Cl. The van der Waals surface area contributed by atoms with Gasteiger partial charge in [-0.25, -0.2) is 0 Å². The third-order valence-electron chi connectivity index (χ3n) is 3.94. The van der Waals surface area contributed by atoms with E-state index in [4.69, 9.17) is 17.3 Å². The van der Waals surface area contributed by atoms with Crippen LogP contribution in [0.1, 0.15) is 50.2 Å². The van der Waals surface area contributed by atoms with Gasteiger partial charge < -0.3 is 5.73 Å². The van der Waals surface area contributed by atoms with Crippen molar-refractivity contribution in [3.05, 3.63) is 34.3 Å².